The molecule has 2 heterocycles. The predicted molar refractivity (Wildman–Crippen MR) is 84.5 cm³/mol. The third kappa shape index (κ3) is 3.79. The summed E-state index contributed by atoms with van der Waals surface area (Å²) in [6.45, 7) is 2.11. The molecule has 0 atom stereocenters. The summed E-state index contributed by atoms with van der Waals surface area (Å²) in [5.41, 5.74) is 0.222. The Morgan fingerprint density at radius 2 is 2.19 bits per heavy atom. The number of nitrogens with zero attached hydrogens (tertiary/aromatic N) is 3. The normalized spacial score (nSPS) is 10.4. The van der Waals surface area contributed by atoms with Crippen molar-refractivity contribution in [2.24, 2.45) is 0 Å². The molecule has 0 amide bonds. The smallest absolute Gasteiger partial charge is 0.332 e. The fraction of sp³-hybridized carbons (Fsp3) is 0.333. The molecule has 21 heavy (non-hydrogen) atoms. The van der Waals surface area contributed by atoms with Gasteiger partial charge in [-0.25, -0.2) is 4.98 Å². The molecule has 2 aromatic heterocycles. The van der Waals surface area contributed by atoms with E-state index in [-0.39, 0.29) is 11.5 Å². The van der Waals surface area contributed by atoms with Gasteiger partial charge in [0.1, 0.15) is 5.69 Å². The maximum atomic E-state index is 11.1. The van der Waals surface area contributed by atoms with Crippen LogP contribution in [0.25, 0.3) is 0 Å². The molecule has 112 valence electrons. The van der Waals surface area contributed by atoms with Crippen molar-refractivity contribution >= 4 is 40.4 Å². The Labute approximate surface area is 130 Å². The summed E-state index contributed by atoms with van der Waals surface area (Å²) in [5, 5.41) is 16.9. The number of hydrogen-bond acceptors (Lipinski definition) is 7. The number of aryl methyl sites for hydroxylation is 1. The Hall–Kier alpha value is -1.93. The Balaban J connectivity index is 2.14. The number of aromatic nitrogens is 2. The van der Waals surface area contributed by atoms with E-state index in [1.54, 1.807) is 14.0 Å². The van der Waals surface area contributed by atoms with Crippen molar-refractivity contribution in [2.45, 2.75) is 13.3 Å². The topological polar surface area (TPSA) is 93.0 Å². The van der Waals surface area contributed by atoms with E-state index < -0.39 is 4.92 Å². The maximum absolute atomic E-state index is 11.1. The molecule has 0 bridgehead atoms. The molecule has 0 saturated carbocycles. The first-order chi connectivity index (χ1) is 10.0. The lowest BCUT2D eigenvalue weighted by Crippen LogP contribution is -2.11. The fourth-order valence-electron chi connectivity index (χ4n) is 1.81. The van der Waals surface area contributed by atoms with Gasteiger partial charge in [-0.3, -0.25) is 10.1 Å². The molecule has 2 N–H and O–H groups in total. The second kappa shape index (κ2) is 6.68. The molecule has 2 rings (SSSR count). The molecule has 2 aromatic rings. The zero-order chi connectivity index (χ0) is 15.4. The van der Waals surface area contributed by atoms with Crippen molar-refractivity contribution in [3.05, 3.63) is 37.2 Å². The van der Waals surface area contributed by atoms with Gasteiger partial charge < -0.3 is 10.6 Å². The zero-order valence-corrected chi connectivity index (χ0v) is 13.1. The minimum absolute atomic E-state index is 0.0989. The van der Waals surface area contributed by atoms with Crippen molar-refractivity contribution in [3.63, 3.8) is 0 Å². The highest BCUT2D eigenvalue weighted by molar-refractivity contribution is 7.16. The molecule has 0 spiro atoms. The van der Waals surface area contributed by atoms with Crippen LogP contribution < -0.4 is 10.6 Å². The molecule has 0 radical (unpaired) electrons. The van der Waals surface area contributed by atoms with E-state index in [1.807, 2.05) is 12.1 Å². The van der Waals surface area contributed by atoms with Crippen molar-refractivity contribution in [1.82, 2.24) is 9.97 Å². The molecule has 0 fully saturated rings. The van der Waals surface area contributed by atoms with Crippen LogP contribution >= 0.6 is 22.9 Å². The first-order valence-corrected chi connectivity index (χ1v) is 7.39. The molecule has 0 aliphatic rings. The number of anilines is 2. The van der Waals surface area contributed by atoms with Crippen LogP contribution in [0.2, 0.25) is 4.34 Å². The van der Waals surface area contributed by atoms with Crippen molar-refractivity contribution in [3.8, 4) is 0 Å². The number of nitro groups is 1. The molecule has 0 aromatic carbocycles. The van der Waals surface area contributed by atoms with Gasteiger partial charge in [0.2, 0.25) is 11.8 Å². The first-order valence-electron chi connectivity index (χ1n) is 6.20. The molecular formula is C12H14ClN5O2S. The third-order valence-corrected chi connectivity index (χ3v) is 4.05. The number of rotatable bonds is 6. The lowest BCUT2D eigenvalue weighted by molar-refractivity contribution is -0.385. The lowest BCUT2D eigenvalue weighted by Gasteiger charge is -2.08. The minimum Gasteiger partial charge on any atom is -0.364 e. The van der Waals surface area contributed by atoms with Crippen LogP contribution in [0.1, 0.15) is 10.6 Å². The Morgan fingerprint density at radius 1 is 1.43 bits per heavy atom. The second-order valence-electron chi connectivity index (χ2n) is 4.22. The standard InChI is InChI=1S/C12H14ClN5O2S/c1-7-10(18(19)20)11(17-12(14-2)16-7)15-6-5-8-3-4-9(13)21-8/h3-4H,5-6H2,1-2H3,(H2,14,15,16,17). The molecule has 0 unspecified atom stereocenters. The summed E-state index contributed by atoms with van der Waals surface area (Å²) >= 11 is 7.35. The largest absolute Gasteiger partial charge is 0.364 e. The third-order valence-electron chi connectivity index (χ3n) is 2.76. The van der Waals surface area contributed by atoms with Crippen LogP contribution in [0, 0.1) is 17.0 Å². The molecule has 0 aliphatic carbocycles. The van der Waals surface area contributed by atoms with Gasteiger partial charge in [-0.05, 0) is 25.5 Å². The number of halogens is 1. The highest BCUT2D eigenvalue weighted by Gasteiger charge is 2.21. The highest BCUT2D eigenvalue weighted by atomic mass is 35.5. The van der Waals surface area contributed by atoms with Gasteiger partial charge in [0.15, 0.2) is 0 Å². The van der Waals surface area contributed by atoms with Crippen molar-refractivity contribution in [2.75, 3.05) is 24.2 Å². The summed E-state index contributed by atoms with van der Waals surface area (Å²) in [4.78, 5) is 19.9. The highest BCUT2D eigenvalue weighted by Crippen LogP contribution is 2.27. The minimum atomic E-state index is -0.473. The molecular weight excluding hydrogens is 314 g/mol. The summed E-state index contributed by atoms with van der Waals surface area (Å²) < 4.78 is 0.728. The van der Waals surface area contributed by atoms with E-state index in [1.165, 1.54) is 11.3 Å². The Bertz CT molecular complexity index is 661. The van der Waals surface area contributed by atoms with Gasteiger partial charge in [0, 0.05) is 18.5 Å². The quantitative estimate of drug-likeness (QED) is 0.625. The average molecular weight is 328 g/mol. The summed E-state index contributed by atoms with van der Waals surface area (Å²) in [6.07, 6.45) is 0.715. The summed E-state index contributed by atoms with van der Waals surface area (Å²) in [7, 11) is 1.66. The van der Waals surface area contributed by atoms with Crippen LogP contribution in [-0.2, 0) is 6.42 Å². The molecule has 0 saturated heterocycles. The predicted octanol–water partition coefficient (Wildman–Crippen LogP) is 3.10. The summed E-state index contributed by atoms with van der Waals surface area (Å²) in [6, 6.07) is 3.77. The monoisotopic (exact) mass is 327 g/mol. The van der Waals surface area contributed by atoms with E-state index in [9.17, 15) is 10.1 Å². The van der Waals surface area contributed by atoms with Crippen molar-refractivity contribution in [1.29, 1.82) is 0 Å². The maximum Gasteiger partial charge on any atom is 0.332 e. The van der Waals surface area contributed by atoms with Crippen molar-refractivity contribution < 1.29 is 4.92 Å². The second-order valence-corrected chi connectivity index (χ2v) is 6.02. The van der Waals surface area contributed by atoms with E-state index in [4.69, 9.17) is 11.6 Å². The van der Waals surface area contributed by atoms with Gasteiger partial charge in [0.25, 0.3) is 0 Å². The van der Waals surface area contributed by atoms with E-state index >= 15 is 0 Å². The van der Waals surface area contributed by atoms with Crippen LogP contribution in [0.15, 0.2) is 12.1 Å². The van der Waals surface area contributed by atoms with Gasteiger partial charge in [-0.15, -0.1) is 11.3 Å². The summed E-state index contributed by atoms with van der Waals surface area (Å²) in [5.74, 6) is 0.569. The number of hydrogen-bond donors (Lipinski definition) is 2. The lowest BCUT2D eigenvalue weighted by atomic mass is 10.3. The van der Waals surface area contributed by atoms with Crippen LogP contribution in [0.5, 0.6) is 0 Å². The van der Waals surface area contributed by atoms with Gasteiger partial charge in [0.05, 0.1) is 9.26 Å². The van der Waals surface area contributed by atoms with E-state index in [0.717, 1.165) is 9.21 Å². The van der Waals surface area contributed by atoms with E-state index in [0.29, 0.717) is 24.6 Å². The molecule has 0 aliphatic heterocycles. The van der Waals surface area contributed by atoms with Gasteiger partial charge >= 0.3 is 5.69 Å². The number of nitrogens with one attached hydrogen (secondary N) is 2. The molecule has 9 heteroatoms. The average Bonchev–Trinajstić information content (AvgIpc) is 2.83. The van der Waals surface area contributed by atoms with Crippen LogP contribution in [0.4, 0.5) is 17.5 Å². The van der Waals surface area contributed by atoms with Gasteiger partial charge in [-0.1, -0.05) is 11.6 Å². The van der Waals surface area contributed by atoms with Gasteiger partial charge in [-0.2, -0.15) is 4.98 Å². The Morgan fingerprint density at radius 3 is 2.76 bits per heavy atom. The number of thiophene rings is 1. The van der Waals surface area contributed by atoms with E-state index in [2.05, 4.69) is 20.6 Å². The fourth-order valence-corrected chi connectivity index (χ4v) is 2.90. The zero-order valence-electron chi connectivity index (χ0n) is 11.5. The molecule has 7 nitrogen and oxygen atoms in total. The first kappa shape index (κ1) is 15.5. The Kier molecular flexibility index (Phi) is 4.92. The van der Waals surface area contributed by atoms with Crippen LogP contribution in [0.3, 0.4) is 0 Å². The van der Waals surface area contributed by atoms with Crippen LogP contribution in [-0.4, -0.2) is 28.5 Å². The SMILES string of the molecule is CNc1nc(C)c([N+](=O)[O-])c(NCCc2ccc(Cl)s2)n1.